The number of amides is 3. The summed E-state index contributed by atoms with van der Waals surface area (Å²) in [5.74, 6) is -0.954. The number of rotatable bonds is 7. The maximum absolute atomic E-state index is 13.2. The second kappa shape index (κ2) is 11.1. The molecule has 1 aliphatic carbocycles. The summed E-state index contributed by atoms with van der Waals surface area (Å²) in [5, 5.41) is 0.307. The van der Waals surface area contributed by atoms with Gasteiger partial charge in [-0.3, -0.25) is 14.3 Å². The normalized spacial score (nSPS) is 22.6. The average molecular weight is 516 g/mol. The van der Waals surface area contributed by atoms with E-state index in [1.165, 1.54) is 17.1 Å². The van der Waals surface area contributed by atoms with Gasteiger partial charge < -0.3 is 20.7 Å². The van der Waals surface area contributed by atoms with E-state index in [2.05, 4.69) is 14.8 Å². The van der Waals surface area contributed by atoms with Crippen LogP contribution in [0.5, 0.6) is 0 Å². The van der Waals surface area contributed by atoms with Gasteiger partial charge in [0, 0.05) is 24.2 Å². The molecule has 1 aromatic carbocycles. The van der Waals surface area contributed by atoms with Crippen LogP contribution in [0.15, 0.2) is 48.2 Å². The van der Waals surface area contributed by atoms with Crippen molar-refractivity contribution >= 4 is 35.1 Å². The standard InChI is InChI=1S/C23H25ClF3N3O5/c24-22(35-23(25,26)27)14-16(9-10-17(22)15-6-2-1-3-7-15)29-20(32)18-8-4-5-12-30(18)19(31)11-13-34-21(28)33/h1-3,6-7,9-10,18H,4-5,8,11-14H2,(H2,28,33)(H,29,32)/t18-,22?/m1/s1. The van der Waals surface area contributed by atoms with Crippen LogP contribution in [0.3, 0.4) is 0 Å². The predicted octanol–water partition coefficient (Wildman–Crippen LogP) is 3.81. The van der Waals surface area contributed by atoms with E-state index in [0.29, 0.717) is 31.4 Å². The summed E-state index contributed by atoms with van der Waals surface area (Å²) in [6.07, 6.45) is -2.07. The molecule has 1 saturated heterocycles. The van der Waals surface area contributed by atoms with Gasteiger partial charge in [-0.15, -0.1) is 13.2 Å². The highest BCUT2D eigenvalue weighted by atomic mass is 35.5. The van der Waals surface area contributed by atoms with Crippen LogP contribution >= 0.6 is 11.6 Å². The molecule has 3 N–H and O–H groups in total. The molecule has 0 aromatic heterocycles. The fourth-order valence-corrected chi connectivity index (χ4v) is 4.53. The van der Waals surface area contributed by atoms with E-state index in [0.717, 1.165) is 0 Å². The molecule has 1 fully saturated rings. The van der Waals surface area contributed by atoms with Crippen LogP contribution in [0.1, 0.15) is 37.7 Å². The fourth-order valence-electron chi connectivity index (χ4n) is 4.12. The zero-order valence-electron chi connectivity index (χ0n) is 18.6. The van der Waals surface area contributed by atoms with Gasteiger partial charge in [-0.25, -0.2) is 4.79 Å². The van der Waals surface area contributed by atoms with Crippen LogP contribution in [-0.4, -0.2) is 53.4 Å². The lowest BCUT2D eigenvalue weighted by Gasteiger charge is -2.37. The van der Waals surface area contributed by atoms with Gasteiger partial charge in [0.25, 0.3) is 0 Å². The lowest BCUT2D eigenvalue weighted by molar-refractivity contribution is -0.342. The molecule has 0 bridgehead atoms. The molecule has 2 atom stereocenters. The summed E-state index contributed by atoms with van der Waals surface area (Å²) >= 11 is 6.37. The molecule has 1 heterocycles. The Morgan fingerprint density at radius 3 is 2.54 bits per heavy atom. The Labute approximate surface area is 204 Å². The van der Waals surface area contributed by atoms with Crippen molar-refractivity contribution in [1.82, 2.24) is 10.2 Å². The number of hydrogen-bond donors (Lipinski definition) is 2. The summed E-state index contributed by atoms with van der Waals surface area (Å²) < 4.78 is 48.6. The first kappa shape index (κ1) is 26.6. The minimum atomic E-state index is -5.03. The van der Waals surface area contributed by atoms with Gasteiger partial charge in [0.2, 0.25) is 11.8 Å². The molecule has 35 heavy (non-hydrogen) atoms. The lowest BCUT2D eigenvalue weighted by atomic mass is 9.92. The highest BCUT2D eigenvalue weighted by Crippen LogP contribution is 2.45. The second-order valence-electron chi connectivity index (χ2n) is 8.10. The summed E-state index contributed by atoms with van der Waals surface area (Å²) in [6.45, 7) is 0.0992. The summed E-state index contributed by atoms with van der Waals surface area (Å²) in [5.41, 5.74) is 5.54. The number of allylic oxidation sites excluding steroid dienone is 2. The van der Waals surface area contributed by atoms with Crippen LogP contribution in [-0.2, 0) is 19.1 Å². The van der Waals surface area contributed by atoms with Gasteiger partial charge in [0.15, 0.2) is 5.06 Å². The number of alkyl halides is 4. The molecule has 1 aromatic rings. The average Bonchev–Trinajstić information content (AvgIpc) is 2.78. The minimum absolute atomic E-state index is 0.0963. The summed E-state index contributed by atoms with van der Waals surface area (Å²) in [6, 6.07) is 7.41. The number of hydrogen-bond acceptors (Lipinski definition) is 5. The predicted molar refractivity (Wildman–Crippen MR) is 120 cm³/mol. The number of primary amides is 1. The molecule has 1 unspecified atom stereocenters. The van der Waals surface area contributed by atoms with Crippen molar-refractivity contribution in [2.45, 2.75) is 49.6 Å². The van der Waals surface area contributed by atoms with E-state index in [9.17, 15) is 27.6 Å². The van der Waals surface area contributed by atoms with E-state index in [4.69, 9.17) is 17.3 Å². The van der Waals surface area contributed by atoms with Gasteiger partial charge >= 0.3 is 12.5 Å². The molecular weight excluding hydrogens is 491 g/mol. The zero-order chi connectivity index (χ0) is 25.6. The van der Waals surface area contributed by atoms with E-state index in [-0.39, 0.29) is 24.3 Å². The largest absolute Gasteiger partial charge is 0.524 e. The van der Waals surface area contributed by atoms with E-state index in [1.807, 2.05) is 0 Å². The maximum atomic E-state index is 13.2. The number of nitrogens with two attached hydrogens (primary N) is 1. The third-order valence-corrected chi connectivity index (χ3v) is 6.02. The Bertz CT molecular complexity index is 1020. The molecule has 1 aliphatic heterocycles. The fraction of sp³-hybridized carbons (Fsp3) is 0.435. The number of carbonyl (C=O) groups excluding carboxylic acids is 3. The maximum Gasteiger partial charge on any atom is 0.524 e. The Morgan fingerprint density at radius 2 is 1.89 bits per heavy atom. The van der Waals surface area contributed by atoms with Crippen LogP contribution < -0.4 is 11.1 Å². The molecule has 0 spiro atoms. The van der Waals surface area contributed by atoms with Crippen molar-refractivity contribution in [3.8, 4) is 0 Å². The topological polar surface area (TPSA) is 111 Å². The van der Waals surface area contributed by atoms with Crippen molar-refractivity contribution in [2.75, 3.05) is 13.2 Å². The molecule has 190 valence electrons. The number of likely N-dealkylation sites (tertiary alicyclic amines) is 1. The molecule has 0 saturated carbocycles. The van der Waals surface area contributed by atoms with Crippen LogP contribution in [0.2, 0.25) is 0 Å². The number of piperidine rings is 1. The van der Waals surface area contributed by atoms with E-state index < -0.39 is 41.8 Å². The molecule has 12 heteroatoms. The summed E-state index contributed by atoms with van der Waals surface area (Å²) in [7, 11) is 0. The Kier molecular flexibility index (Phi) is 8.44. The molecular formula is C23H25ClF3N3O5. The zero-order valence-corrected chi connectivity index (χ0v) is 19.4. The molecule has 0 radical (unpaired) electrons. The number of nitrogens with zero attached hydrogens (tertiary/aromatic N) is 1. The Hall–Kier alpha value is -3.05. The minimum Gasteiger partial charge on any atom is -0.449 e. The molecule has 3 amide bonds. The van der Waals surface area contributed by atoms with Gasteiger partial charge in [0.05, 0.1) is 6.42 Å². The van der Waals surface area contributed by atoms with Crippen molar-refractivity contribution in [3.63, 3.8) is 0 Å². The highest BCUT2D eigenvalue weighted by molar-refractivity contribution is 6.29. The number of nitrogens with one attached hydrogen (secondary N) is 1. The third-order valence-electron chi connectivity index (χ3n) is 5.60. The highest BCUT2D eigenvalue weighted by Gasteiger charge is 2.47. The number of carbonyl (C=O) groups is 3. The van der Waals surface area contributed by atoms with Crippen molar-refractivity contribution in [1.29, 1.82) is 0 Å². The number of benzene rings is 1. The Balaban J connectivity index is 1.77. The van der Waals surface area contributed by atoms with Gasteiger partial charge in [0.1, 0.15) is 12.6 Å². The Morgan fingerprint density at radius 1 is 1.17 bits per heavy atom. The lowest BCUT2D eigenvalue weighted by Crippen LogP contribution is -2.52. The monoisotopic (exact) mass is 515 g/mol. The molecule has 2 aliphatic rings. The van der Waals surface area contributed by atoms with Gasteiger partial charge in [-0.05, 0) is 30.9 Å². The van der Waals surface area contributed by atoms with Crippen LogP contribution in [0.25, 0.3) is 5.57 Å². The first-order chi connectivity index (χ1) is 16.5. The quantitative estimate of drug-likeness (QED) is 0.536. The van der Waals surface area contributed by atoms with E-state index >= 15 is 0 Å². The van der Waals surface area contributed by atoms with Crippen molar-refractivity contribution < 1.29 is 37.0 Å². The SMILES string of the molecule is NC(=O)OCCC(=O)N1CCCC[C@@H]1C(=O)NC1=CC=C(c2ccccc2)C(Cl)(OC(F)(F)F)C1. The van der Waals surface area contributed by atoms with E-state index in [1.54, 1.807) is 30.3 Å². The second-order valence-corrected chi connectivity index (χ2v) is 8.71. The van der Waals surface area contributed by atoms with Crippen molar-refractivity contribution in [3.05, 3.63) is 53.7 Å². The summed E-state index contributed by atoms with van der Waals surface area (Å²) in [4.78, 5) is 37.7. The molecule has 8 nitrogen and oxygen atoms in total. The first-order valence-corrected chi connectivity index (χ1v) is 11.3. The van der Waals surface area contributed by atoms with Crippen molar-refractivity contribution in [2.24, 2.45) is 5.73 Å². The van der Waals surface area contributed by atoms with Crippen LogP contribution in [0.4, 0.5) is 18.0 Å². The molecule has 3 rings (SSSR count). The smallest absolute Gasteiger partial charge is 0.449 e. The number of ether oxygens (including phenoxy) is 2. The van der Waals surface area contributed by atoms with Gasteiger partial charge in [-0.2, -0.15) is 0 Å². The van der Waals surface area contributed by atoms with Crippen LogP contribution in [0, 0.1) is 0 Å². The number of halogens is 4. The first-order valence-electron chi connectivity index (χ1n) is 10.9. The van der Waals surface area contributed by atoms with Gasteiger partial charge in [-0.1, -0.05) is 48.0 Å². The third kappa shape index (κ3) is 7.22.